The van der Waals surface area contributed by atoms with Gasteiger partial charge in [0.05, 0.1) is 10.6 Å². The van der Waals surface area contributed by atoms with E-state index in [1.807, 2.05) is 13.8 Å². The molecule has 134 valence electrons. The van der Waals surface area contributed by atoms with E-state index < -0.39 is 6.04 Å². The lowest BCUT2D eigenvalue weighted by Crippen LogP contribution is -2.53. The van der Waals surface area contributed by atoms with Crippen LogP contribution in [0.1, 0.15) is 30.6 Å². The van der Waals surface area contributed by atoms with E-state index in [2.05, 4.69) is 10.6 Å². The number of carbonyl (C=O) groups excluding carboxylic acids is 2. The van der Waals surface area contributed by atoms with E-state index in [0.29, 0.717) is 10.6 Å². The zero-order valence-electron chi connectivity index (χ0n) is 14.2. The van der Waals surface area contributed by atoms with Crippen molar-refractivity contribution in [3.63, 3.8) is 0 Å². The first-order chi connectivity index (χ1) is 10.9. The van der Waals surface area contributed by atoms with Crippen molar-refractivity contribution >= 4 is 35.8 Å². The molecule has 1 aliphatic heterocycles. The van der Waals surface area contributed by atoms with Crippen molar-refractivity contribution in [3.05, 3.63) is 34.9 Å². The predicted molar refractivity (Wildman–Crippen MR) is 98.8 cm³/mol. The highest BCUT2D eigenvalue weighted by Crippen LogP contribution is 2.17. The monoisotopic (exact) mass is 373 g/mol. The number of nitrogens with zero attached hydrogens (tertiary/aromatic N) is 1. The van der Waals surface area contributed by atoms with Crippen LogP contribution in [0.2, 0.25) is 5.02 Å². The Hall–Kier alpha value is -1.30. The molecule has 0 saturated carbocycles. The van der Waals surface area contributed by atoms with E-state index in [1.165, 1.54) is 0 Å². The molecule has 2 N–H and O–H groups in total. The molecule has 1 aromatic rings. The number of nitrogens with one attached hydrogen (secondary N) is 2. The average molecular weight is 374 g/mol. The minimum absolute atomic E-state index is 0. The number of amides is 2. The Bertz CT molecular complexity index is 575. The van der Waals surface area contributed by atoms with Gasteiger partial charge in [-0.25, -0.2) is 0 Å². The van der Waals surface area contributed by atoms with Crippen molar-refractivity contribution in [2.45, 2.75) is 32.4 Å². The number of benzene rings is 1. The van der Waals surface area contributed by atoms with Crippen LogP contribution in [0.4, 0.5) is 0 Å². The summed E-state index contributed by atoms with van der Waals surface area (Å²) >= 11 is 6.06. The Morgan fingerprint density at radius 1 is 1.33 bits per heavy atom. The summed E-state index contributed by atoms with van der Waals surface area (Å²) in [6.07, 6.45) is 0.936. The summed E-state index contributed by atoms with van der Waals surface area (Å²) < 4.78 is 0. The molecule has 1 saturated heterocycles. The van der Waals surface area contributed by atoms with Gasteiger partial charge < -0.3 is 15.5 Å². The Balaban J connectivity index is 0.00000288. The first-order valence-electron chi connectivity index (χ1n) is 7.94. The van der Waals surface area contributed by atoms with E-state index in [1.54, 1.807) is 36.2 Å². The van der Waals surface area contributed by atoms with Gasteiger partial charge in [-0.2, -0.15) is 0 Å². The third-order valence-corrected chi connectivity index (χ3v) is 4.60. The highest BCUT2D eigenvalue weighted by Gasteiger charge is 2.32. The molecule has 2 rings (SSSR count). The van der Waals surface area contributed by atoms with Gasteiger partial charge in [0, 0.05) is 19.6 Å². The van der Waals surface area contributed by atoms with Crippen LogP contribution in [-0.2, 0) is 4.79 Å². The number of carbonyl (C=O) groups is 2. The van der Waals surface area contributed by atoms with Gasteiger partial charge in [-0.05, 0) is 31.0 Å². The third-order valence-electron chi connectivity index (χ3n) is 4.27. The van der Waals surface area contributed by atoms with Gasteiger partial charge in [0.2, 0.25) is 5.91 Å². The van der Waals surface area contributed by atoms with E-state index in [-0.39, 0.29) is 36.2 Å². The number of halogens is 2. The molecule has 1 aromatic carbocycles. The summed E-state index contributed by atoms with van der Waals surface area (Å²) in [6.45, 7) is 5.57. The van der Waals surface area contributed by atoms with Crippen molar-refractivity contribution in [2.75, 3.05) is 20.1 Å². The van der Waals surface area contributed by atoms with E-state index in [0.717, 1.165) is 19.5 Å². The Kier molecular flexibility index (Phi) is 8.00. The lowest BCUT2D eigenvalue weighted by atomic mass is 10.0. The maximum absolute atomic E-state index is 12.8. The maximum Gasteiger partial charge on any atom is 0.253 e. The van der Waals surface area contributed by atoms with Crippen LogP contribution in [0.15, 0.2) is 24.3 Å². The molecular formula is C17H25Cl2N3O2. The van der Waals surface area contributed by atoms with E-state index >= 15 is 0 Å². The highest BCUT2D eigenvalue weighted by molar-refractivity contribution is 6.33. The molecule has 2 atom stereocenters. The standard InChI is InChI=1S/C17H24ClN3O2.ClH/c1-11(2)15(17(23)21(3)12-8-9-19-10-12)20-16(22)13-6-4-5-7-14(13)18;/h4-7,11-12,15,19H,8-10H2,1-3H3,(H,20,22);1H. The van der Waals surface area contributed by atoms with E-state index in [4.69, 9.17) is 11.6 Å². The summed E-state index contributed by atoms with van der Waals surface area (Å²) in [5.41, 5.74) is 0.387. The molecule has 1 heterocycles. The van der Waals surface area contributed by atoms with Crippen LogP contribution in [0.3, 0.4) is 0 Å². The van der Waals surface area contributed by atoms with Crippen molar-refractivity contribution in [2.24, 2.45) is 5.92 Å². The average Bonchev–Trinajstić information content (AvgIpc) is 3.05. The number of rotatable bonds is 5. The zero-order valence-corrected chi connectivity index (χ0v) is 15.8. The van der Waals surface area contributed by atoms with Gasteiger partial charge in [0.25, 0.3) is 5.91 Å². The van der Waals surface area contributed by atoms with Crippen molar-refractivity contribution in [3.8, 4) is 0 Å². The lowest BCUT2D eigenvalue weighted by molar-refractivity contribution is -0.134. The van der Waals surface area contributed by atoms with E-state index in [9.17, 15) is 9.59 Å². The highest BCUT2D eigenvalue weighted by atomic mass is 35.5. The number of likely N-dealkylation sites (N-methyl/N-ethyl adjacent to an activating group) is 1. The molecule has 24 heavy (non-hydrogen) atoms. The number of hydrogen-bond acceptors (Lipinski definition) is 3. The van der Waals surface area contributed by atoms with Crippen LogP contribution in [0, 0.1) is 5.92 Å². The normalized spacial score (nSPS) is 18.0. The van der Waals surface area contributed by atoms with Gasteiger partial charge in [-0.15, -0.1) is 12.4 Å². The zero-order chi connectivity index (χ0) is 17.0. The Morgan fingerprint density at radius 2 is 2.00 bits per heavy atom. The van der Waals surface area contributed by atoms with Gasteiger partial charge in [0.15, 0.2) is 0 Å². The van der Waals surface area contributed by atoms with Gasteiger partial charge in [0.1, 0.15) is 6.04 Å². The van der Waals surface area contributed by atoms with Crippen LogP contribution >= 0.6 is 24.0 Å². The van der Waals surface area contributed by atoms with Gasteiger partial charge >= 0.3 is 0 Å². The smallest absolute Gasteiger partial charge is 0.253 e. The second kappa shape index (κ2) is 9.25. The molecule has 1 fully saturated rings. The molecule has 2 unspecified atom stereocenters. The van der Waals surface area contributed by atoms with Crippen molar-refractivity contribution in [1.82, 2.24) is 15.5 Å². The van der Waals surface area contributed by atoms with Crippen molar-refractivity contribution < 1.29 is 9.59 Å². The fourth-order valence-corrected chi connectivity index (χ4v) is 2.97. The second-order valence-electron chi connectivity index (χ2n) is 6.27. The Morgan fingerprint density at radius 3 is 2.54 bits per heavy atom. The second-order valence-corrected chi connectivity index (χ2v) is 6.68. The summed E-state index contributed by atoms with van der Waals surface area (Å²) in [6, 6.07) is 6.46. The molecule has 0 aromatic heterocycles. The topological polar surface area (TPSA) is 61.4 Å². The molecule has 1 aliphatic rings. The molecule has 5 nitrogen and oxygen atoms in total. The quantitative estimate of drug-likeness (QED) is 0.832. The minimum atomic E-state index is -0.565. The van der Waals surface area contributed by atoms with Crippen LogP contribution in [-0.4, -0.2) is 48.9 Å². The molecule has 0 radical (unpaired) electrons. The summed E-state index contributed by atoms with van der Waals surface area (Å²) in [5.74, 6) is -0.388. The lowest BCUT2D eigenvalue weighted by Gasteiger charge is -2.30. The molecule has 2 amide bonds. The van der Waals surface area contributed by atoms with Crippen molar-refractivity contribution in [1.29, 1.82) is 0 Å². The number of hydrogen-bond donors (Lipinski definition) is 2. The molecular weight excluding hydrogens is 349 g/mol. The molecule has 0 aliphatic carbocycles. The van der Waals surface area contributed by atoms with Crippen LogP contribution in [0.5, 0.6) is 0 Å². The Labute approximate surface area is 154 Å². The molecule has 0 spiro atoms. The first-order valence-corrected chi connectivity index (χ1v) is 8.32. The molecule has 7 heteroatoms. The molecule has 0 bridgehead atoms. The third kappa shape index (κ3) is 4.85. The summed E-state index contributed by atoms with van der Waals surface area (Å²) in [7, 11) is 1.80. The van der Waals surface area contributed by atoms with Crippen LogP contribution in [0.25, 0.3) is 0 Å². The summed E-state index contributed by atoms with van der Waals surface area (Å²) in [5, 5.41) is 6.48. The summed E-state index contributed by atoms with van der Waals surface area (Å²) in [4.78, 5) is 27.0. The predicted octanol–water partition coefficient (Wildman–Crippen LogP) is 2.34. The van der Waals surface area contributed by atoms with Crippen LogP contribution < -0.4 is 10.6 Å². The minimum Gasteiger partial charge on any atom is -0.340 e. The first kappa shape index (κ1) is 20.7. The fraction of sp³-hybridized carbons (Fsp3) is 0.529. The van der Waals surface area contributed by atoms with Gasteiger partial charge in [-0.1, -0.05) is 37.6 Å². The fourth-order valence-electron chi connectivity index (χ4n) is 2.75. The maximum atomic E-state index is 12.8. The SMILES string of the molecule is CC(C)C(NC(=O)c1ccccc1Cl)C(=O)N(C)C1CCNC1.Cl. The van der Waals surface area contributed by atoms with Gasteiger partial charge in [-0.3, -0.25) is 9.59 Å². The largest absolute Gasteiger partial charge is 0.340 e.